The number of hydrogen-bond acceptors (Lipinski definition) is 2. The molecule has 0 atom stereocenters. The first-order valence-corrected chi connectivity index (χ1v) is 7.98. The van der Waals surface area contributed by atoms with Gasteiger partial charge in [0.15, 0.2) is 5.96 Å². The predicted molar refractivity (Wildman–Crippen MR) is 99.0 cm³/mol. The zero-order valence-corrected chi connectivity index (χ0v) is 15.8. The van der Waals surface area contributed by atoms with Crippen LogP contribution in [0.25, 0.3) is 0 Å². The van der Waals surface area contributed by atoms with Crippen molar-refractivity contribution >= 4 is 35.8 Å². The number of amides is 1. The molecule has 21 heavy (non-hydrogen) atoms. The summed E-state index contributed by atoms with van der Waals surface area (Å²) in [5.41, 5.74) is 5.87. The molecule has 124 valence electrons. The Morgan fingerprint density at radius 3 is 2.43 bits per heavy atom. The Bertz CT molecular complexity index is 313. The molecule has 1 rings (SSSR count). The molecule has 1 aliphatic rings. The van der Waals surface area contributed by atoms with Crippen molar-refractivity contribution in [1.82, 2.24) is 10.2 Å². The third kappa shape index (κ3) is 8.48. The number of aliphatic imine (C=N–C) groups is 1. The van der Waals surface area contributed by atoms with Crippen molar-refractivity contribution in [3.8, 4) is 0 Å². The quantitative estimate of drug-likeness (QED) is 0.293. The molecule has 1 amide bonds. The summed E-state index contributed by atoms with van der Waals surface area (Å²) in [6.45, 7) is 6.96. The van der Waals surface area contributed by atoms with Crippen LogP contribution >= 0.6 is 24.0 Å². The Labute approximate surface area is 146 Å². The van der Waals surface area contributed by atoms with Gasteiger partial charge in [-0.05, 0) is 32.6 Å². The van der Waals surface area contributed by atoms with E-state index in [2.05, 4.69) is 24.2 Å². The van der Waals surface area contributed by atoms with Crippen LogP contribution in [-0.2, 0) is 4.79 Å². The van der Waals surface area contributed by atoms with Crippen molar-refractivity contribution in [3.05, 3.63) is 0 Å². The van der Waals surface area contributed by atoms with Crippen LogP contribution in [0.3, 0.4) is 0 Å². The zero-order chi connectivity index (χ0) is 14.8. The molecule has 0 bridgehead atoms. The fraction of sp³-hybridized carbons (Fsp3) is 0.867. The zero-order valence-electron chi connectivity index (χ0n) is 13.4. The molecule has 0 radical (unpaired) electrons. The number of guanidine groups is 1. The van der Waals surface area contributed by atoms with E-state index in [4.69, 9.17) is 5.73 Å². The Balaban J connectivity index is 0.00000400. The fourth-order valence-corrected chi connectivity index (χ4v) is 2.74. The minimum absolute atomic E-state index is 0. The summed E-state index contributed by atoms with van der Waals surface area (Å²) < 4.78 is 0. The monoisotopic (exact) mass is 410 g/mol. The van der Waals surface area contributed by atoms with Crippen molar-refractivity contribution in [2.24, 2.45) is 16.6 Å². The van der Waals surface area contributed by atoms with E-state index in [1.807, 2.05) is 4.90 Å². The van der Waals surface area contributed by atoms with E-state index in [0.717, 1.165) is 13.1 Å². The number of nitrogens with zero attached hydrogens (tertiary/aromatic N) is 2. The highest BCUT2D eigenvalue weighted by Crippen LogP contribution is 2.25. The first kappa shape index (κ1) is 20.5. The third-order valence-electron chi connectivity index (χ3n) is 3.99. The van der Waals surface area contributed by atoms with Gasteiger partial charge in [0.1, 0.15) is 0 Å². The molecule has 0 spiro atoms. The summed E-state index contributed by atoms with van der Waals surface area (Å²) in [5.74, 6) is 1.32. The van der Waals surface area contributed by atoms with E-state index in [0.29, 0.717) is 31.4 Å². The van der Waals surface area contributed by atoms with Crippen LogP contribution in [0.4, 0.5) is 0 Å². The topological polar surface area (TPSA) is 70.7 Å². The molecule has 0 aromatic heterocycles. The van der Waals surface area contributed by atoms with Gasteiger partial charge in [0.2, 0.25) is 5.91 Å². The lowest BCUT2D eigenvalue weighted by atomic mass is 9.87. The Hall–Kier alpha value is -0.530. The highest BCUT2D eigenvalue weighted by atomic mass is 127. The van der Waals surface area contributed by atoms with Crippen LogP contribution < -0.4 is 11.1 Å². The maximum absolute atomic E-state index is 11.8. The second kappa shape index (κ2) is 12.1. The van der Waals surface area contributed by atoms with E-state index < -0.39 is 0 Å². The van der Waals surface area contributed by atoms with E-state index in [1.165, 1.54) is 32.1 Å². The first-order chi connectivity index (χ1) is 9.67. The van der Waals surface area contributed by atoms with Crippen LogP contribution in [0.1, 0.15) is 52.4 Å². The normalized spacial score (nSPS) is 16.2. The number of nitrogens with two attached hydrogens (primary N) is 1. The lowest BCUT2D eigenvalue weighted by Crippen LogP contribution is -2.37. The summed E-state index contributed by atoms with van der Waals surface area (Å²) >= 11 is 0. The molecule has 1 saturated carbocycles. The van der Waals surface area contributed by atoms with Gasteiger partial charge in [0.05, 0.1) is 6.54 Å². The molecule has 0 heterocycles. The van der Waals surface area contributed by atoms with Crippen molar-refractivity contribution < 1.29 is 4.79 Å². The highest BCUT2D eigenvalue weighted by molar-refractivity contribution is 14.0. The van der Waals surface area contributed by atoms with Gasteiger partial charge in [0.25, 0.3) is 0 Å². The average Bonchev–Trinajstić information content (AvgIpc) is 2.46. The molecule has 0 saturated heterocycles. The van der Waals surface area contributed by atoms with Gasteiger partial charge >= 0.3 is 0 Å². The second-order valence-electron chi connectivity index (χ2n) is 5.47. The lowest BCUT2D eigenvalue weighted by molar-refractivity contribution is -0.122. The minimum Gasteiger partial charge on any atom is -0.370 e. The summed E-state index contributed by atoms with van der Waals surface area (Å²) in [7, 11) is 0. The van der Waals surface area contributed by atoms with Gasteiger partial charge in [-0.2, -0.15) is 0 Å². The summed E-state index contributed by atoms with van der Waals surface area (Å²) in [5, 5.41) is 2.94. The van der Waals surface area contributed by atoms with Gasteiger partial charge < -0.3 is 16.0 Å². The van der Waals surface area contributed by atoms with Gasteiger partial charge in [-0.1, -0.05) is 19.3 Å². The minimum atomic E-state index is 0. The van der Waals surface area contributed by atoms with Crippen LogP contribution in [0.15, 0.2) is 4.99 Å². The van der Waals surface area contributed by atoms with Crippen molar-refractivity contribution in [1.29, 1.82) is 0 Å². The van der Waals surface area contributed by atoms with Gasteiger partial charge in [0, 0.05) is 26.1 Å². The third-order valence-corrected chi connectivity index (χ3v) is 3.99. The van der Waals surface area contributed by atoms with E-state index in [1.54, 1.807) is 0 Å². The van der Waals surface area contributed by atoms with E-state index in [9.17, 15) is 4.79 Å². The number of rotatable bonds is 7. The first-order valence-electron chi connectivity index (χ1n) is 7.98. The van der Waals surface area contributed by atoms with Gasteiger partial charge in [-0.3, -0.25) is 9.79 Å². The van der Waals surface area contributed by atoms with Gasteiger partial charge in [-0.25, -0.2) is 0 Å². The number of hydrogen-bond donors (Lipinski definition) is 2. The fourth-order valence-electron chi connectivity index (χ4n) is 2.74. The molecule has 0 aromatic carbocycles. The van der Waals surface area contributed by atoms with E-state index in [-0.39, 0.29) is 29.9 Å². The number of carbonyl (C=O) groups excluding carboxylic acids is 1. The largest absolute Gasteiger partial charge is 0.370 e. The highest BCUT2D eigenvalue weighted by Gasteiger charge is 2.16. The van der Waals surface area contributed by atoms with Crippen molar-refractivity contribution in [3.63, 3.8) is 0 Å². The average molecular weight is 410 g/mol. The molecule has 1 aliphatic carbocycles. The molecule has 5 nitrogen and oxygen atoms in total. The smallest absolute Gasteiger partial charge is 0.220 e. The molecule has 3 N–H and O–H groups in total. The molecule has 0 unspecified atom stereocenters. The molecular weight excluding hydrogens is 379 g/mol. The SMILES string of the molecule is CCN(CC)C(N)=NCCNC(=O)CC1CCCCC1.I. The van der Waals surface area contributed by atoms with Crippen LogP contribution in [0.5, 0.6) is 0 Å². The van der Waals surface area contributed by atoms with Gasteiger partial charge in [-0.15, -0.1) is 24.0 Å². The van der Waals surface area contributed by atoms with Crippen molar-refractivity contribution in [2.75, 3.05) is 26.2 Å². The molecule has 1 fully saturated rings. The Kier molecular flexibility index (Phi) is 11.8. The summed E-state index contributed by atoms with van der Waals surface area (Å²) in [4.78, 5) is 18.1. The van der Waals surface area contributed by atoms with Crippen LogP contribution in [0, 0.1) is 5.92 Å². The predicted octanol–water partition coefficient (Wildman–Crippen LogP) is 2.35. The maximum Gasteiger partial charge on any atom is 0.220 e. The maximum atomic E-state index is 11.8. The standard InChI is InChI=1S/C15H30N4O.HI/c1-3-19(4-2)15(16)18-11-10-17-14(20)12-13-8-6-5-7-9-13;/h13H,3-12H2,1-2H3,(H2,16,18)(H,17,20);1H. The van der Waals surface area contributed by atoms with Crippen LogP contribution in [0.2, 0.25) is 0 Å². The Morgan fingerprint density at radius 1 is 1.24 bits per heavy atom. The Morgan fingerprint density at radius 2 is 1.86 bits per heavy atom. The second-order valence-corrected chi connectivity index (χ2v) is 5.47. The lowest BCUT2D eigenvalue weighted by Gasteiger charge is -2.21. The van der Waals surface area contributed by atoms with Crippen LogP contribution in [-0.4, -0.2) is 42.9 Å². The molecule has 0 aliphatic heterocycles. The summed E-state index contributed by atoms with van der Waals surface area (Å²) in [6, 6.07) is 0. The summed E-state index contributed by atoms with van der Waals surface area (Å²) in [6.07, 6.45) is 6.99. The number of carbonyl (C=O) groups is 1. The number of halogens is 1. The van der Waals surface area contributed by atoms with Crippen molar-refractivity contribution in [2.45, 2.75) is 52.4 Å². The van der Waals surface area contributed by atoms with E-state index >= 15 is 0 Å². The molecule has 6 heteroatoms. The number of nitrogens with one attached hydrogen (secondary N) is 1. The molecule has 0 aromatic rings. The molecular formula is C15H31IN4O.